The monoisotopic (exact) mass is 181 g/mol. The lowest BCUT2D eigenvalue weighted by Gasteiger charge is -1.98. The molecule has 0 saturated carbocycles. The average Bonchev–Trinajstić information content (AvgIpc) is 2.30. The van der Waals surface area contributed by atoms with Crippen molar-refractivity contribution in [3.05, 3.63) is 17.2 Å². The number of rotatable bonds is 3. The predicted octanol–water partition coefficient (Wildman–Crippen LogP) is 2.04. The highest BCUT2D eigenvalue weighted by Crippen LogP contribution is 2.05. The van der Waals surface area contributed by atoms with Gasteiger partial charge in [-0.2, -0.15) is 0 Å². The van der Waals surface area contributed by atoms with Crippen molar-refractivity contribution in [2.45, 2.75) is 47.1 Å². The Labute approximate surface area is 81.2 Å². The van der Waals surface area contributed by atoms with Crippen LogP contribution in [0.5, 0.6) is 0 Å². The van der Waals surface area contributed by atoms with Gasteiger partial charge in [0.1, 0.15) is 11.4 Å². The van der Waals surface area contributed by atoms with Gasteiger partial charge in [0.15, 0.2) is 0 Å². The van der Waals surface area contributed by atoms with Crippen LogP contribution in [0.3, 0.4) is 0 Å². The van der Waals surface area contributed by atoms with E-state index in [0.717, 1.165) is 6.54 Å². The quantitative estimate of drug-likeness (QED) is 0.631. The highest BCUT2D eigenvalue weighted by molar-refractivity contribution is 5.05. The molecule has 0 aliphatic rings. The molecule has 0 spiro atoms. The molecule has 0 saturated heterocycles. The van der Waals surface area contributed by atoms with Crippen molar-refractivity contribution < 1.29 is 4.57 Å². The molecule has 0 unspecified atom stereocenters. The Kier molecular flexibility index (Phi) is 3.12. The summed E-state index contributed by atoms with van der Waals surface area (Å²) in [5, 5.41) is 0. The number of imidazole rings is 1. The Morgan fingerprint density at radius 3 is 2.23 bits per heavy atom. The molecule has 0 radical (unpaired) electrons. The summed E-state index contributed by atoms with van der Waals surface area (Å²) in [6.45, 7) is 9.98. The molecule has 0 atom stereocenters. The fraction of sp³-hybridized carbons (Fsp3) is 0.727. The Morgan fingerprint density at radius 1 is 1.23 bits per heavy atom. The summed E-state index contributed by atoms with van der Waals surface area (Å²) in [6.07, 6.45) is 2.54. The van der Waals surface area contributed by atoms with E-state index >= 15 is 0 Å². The SMILES string of the molecule is CCCC[n+]1c(C)c(C)n(C)c1C. The normalized spacial score (nSPS) is 10.8. The van der Waals surface area contributed by atoms with Crippen LogP contribution in [0.4, 0.5) is 0 Å². The second kappa shape index (κ2) is 3.95. The van der Waals surface area contributed by atoms with Crippen molar-refractivity contribution in [1.29, 1.82) is 0 Å². The smallest absolute Gasteiger partial charge is 0.234 e. The zero-order valence-corrected chi connectivity index (χ0v) is 9.52. The topological polar surface area (TPSA) is 8.81 Å². The van der Waals surface area contributed by atoms with Gasteiger partial charge in [0.25, 0.3) is 5.82 Å². The summed E-state index contributed by atoms with van der Waals surface area (Å²) >= 11 is 0. The van der Waals surface area contributed by atoms with Gasteiger partial charge in [-0.05, 0) is 6.42 Å². The van der Waals surface area contributed by atoms with Crippen LogP contribution in [0.25, 0.3) is 0 Å². The largest absolute Gasteiger partial charge is 0.253 e. The van der Waals surface area contributed by atoms with E-state index < -0.39 is 0 Å². The van der Waals surface area contributed by atoms with Crippen LogP contribution in [0.15, 0.2) is 0 Å². The third kappa shape index (κ3) is 1.77. The van der Waals surface area contributed by atoms with Crippen molar-refractivity contribution in [3.8, 4) is 0 Å². The van der Waals surface area contributed by atoms with Gasteiger partial charge in [-0.3, -0.25) is 0 Å². The standard InChI is InChI=1S/C11H21N2/c1-6-7-8-13-10(3)9(2)12(5)11(13)4/h6-8H2,1-5H3/q+1. The molecule has 0 aromatic carbocycles. The van der Waals surface area contributed by atoms with Crippen molar-refractivity contribution in [2.24, 2.45) is 7.05 Å². The highest BCUT2D eigenvalue weighted by Gasteiger charge is 2.18. The highest BCUT2D eigenvalue weighted by atomic mass is 15.2. The van der Waals surface area contributed by atoms with Gasteiger partial charge < -0.3 is 0 Å². The minimum atomic E-state index is 1.16. The van der Waals surface area contributed by atoms with Crippen LogP contribution in [-0.2, 0) is 13.6 Å². The van der Waals surface area contributed by atoms with Crippen LogP contribution >= 0.6 is 0 Å². The molecular formula is C11H21N2+. The van der Waals surface area contributed by atoms with Crippen LogP contribution in [0.2, 0.25) is 0 Å². The first-order valence-electron chi connectivity index (χ1n) is 5.11. The van der Waals surface area contributed by atoms with E-state index in [9.17, 15) is 0 Å². The maximum Gasteiger partial charge on any atom is 0.253 e. The number of nitrogens with zero attached hydrogens (tertiary/aromatic N) is 2. The van der Waals surface area contributed by atoms with Gasteiger partial charge in [-0.1, -0.05) is 13.3 Å². The summed E-state index contributed by atoms with van der Waals surface area (Å²) in [6, 6.07) is 0. The minimum Gasteiger partial charge on any atom is -0.234 e. The molecule has 74 valence electrons. The molecule has 0 aliphatic heterocycles. The van der Waals surface area contributed by atoms with Crippen molar-refractivity contribution in [1.82, 2.24) is 4.57 Å². The minimum absolute atomic E-state index is 1.16. The second-order valence-corrected chi connectivity index (χ2v) is 3.78. The maximum absolute atomic E-state index is 2.42. The Morgan fingerprint density at radius 2 is 1.85 bits per heavy atom. The lowest BCUT2D eigenvalue weighted by atomic mass is 10.3. The van der Waals surface area contributed by atoms with Crippen LogP contribution in [-0.4, -0.2) is 4.57 Å². The molecule has 0 aliphatic carbocycles. The van der Waals surface area contributed by atoms with E-state index in [1.165, 1.54) is 30.1 Å². The Hall–Kier alpha value is -0.790. The van der Waals surface area contributed by atoms with Gasteiger partial charge in [0.05, 0.1) is 13.6 Å². The third-order valence-electron chi connectivity index (χ3n) is 3.04. The Balaban J connectivity index is 2.99. The fourth-order valence-electron chi connectivity index (χ4n) is 1.75. The number of unbranched alkanes of at least 4 members (excludes halogenated alkanes) is 1. The van der Waals surface area contributed by atoms with E-state index in [1.54, 1.807) is 0 Å². The van der Waals surface area contributed by atoms with E-state index in [2.05, 4.69) is 43.9 Å². The van der Waals surface area contributed by atoms with Gasteiger partial charge in [-0.25, -0.2) is 9.13 Å². The molecular weight excluding hydrogens is 160 g/mol. The second-order valence-electron chi connectivity index (χ2n) is 3.78. The van der Waals surface area contributed by atoms with E-state index in [0.29, 0.717) is 0 Å². The zero-order valence-electron chi connectivity index (χ0n) is 9.52. The van der Waals surface area contributed by atoms with Crippen molar-refractivity contribution in [2.75, 3.05) is 0 Å². The number of aromatic nitrogens is 2. The lowest BCUT2D eigenvalue weighted by molar-refractivity contribution is -0.708. The molecule has 2 heteroatoms. The summed E-state index contributed by atoms with van der Waals surface area (Å²) in [5.74, 6) is 1.36. The molecule has 13 heavy (non-hydrogen) atoms. The predicted molar refractivity (Wildman–Crippen MR) is 54.7 cm³/mol. The molecule has 2 nitrogen and oxygen atoms in total. The maximum atomic E-state index is 2.42. The fourth-order valence-corrected chi connectivity index (χ4v) is 1.75. The summed E-state index contributed by atoms with van der Waals surface area (Å²) in [5.41, 5.74) is 2.79. The third-order valence-corrected chi connectivity index (χ3v) is 3.04. The van der Waals surface area contributed by atoms with E-state index in [-0.39, 0.29) is 0 Å². The summed E-state index contributed by atoms with van der Waals surface area (Å²) in [4.78, 5) is 0. The van der Waals surface area contributed by atoms with Gasteiger partial charge in [0, 0.05) is 20.8 Å². The van der Waals surface area contributed by atoms with Crippen LogP contribution in [0, 0.1) is 20.8 Å². The number of hydrogen-bond donors (Lipinski definition) is 0. The van der Waals surface area contributed by atoms with E-state index in [4.69, 9.17) is 0 Å². The van der Waals surface area contributed by atoms with Crippen molar-refractivity contribution >= 4 is 0 Å². The summed E-state index contributed by atoms with van der Waals surface area (Å²) in [7, 11) is 2.14. The first-order chi connectivity index (χ1) is 6.09. The van der Waals surface area contributed by atoms with Crippen LogP contribution < -0.4 is 4.57 Å². The lowest BCUT2D eigenvalue weighted by Crippen LogP contribution is -2.38. The molecule has 0 amide bonds. The molecule has 1 aromatic rings. The first-order valence-corrected chi connectivity index (χ1v) is 5.11. The van der Waals surface area contributed by atoms with Crippen LogP contribution in [0.1, 0.15) is 37.0 Å². The molecule has 1 heterocycles. The van der Waals surface area contributed by atoms with Crippen molar-refractivity contribution in [3.63, 3.8) is 0 Å². The average molecular weight is 181 g/mol. The molecule has 1 rings (SSSR count). The Bertz CT molecular complexity index is 272. The first kappa shape index (κ1) is 10.3. The van der Waals surface area contributed by atoms with E-state index in [1.807, 2.05) is 0 Å². The van der Waals surface area contributed by atoms with Gasteiger partial charge >= 0.3 is 0 Å². The van der Waals surface area contributed by atoms with Gasteiger partial charge in [-0.15, -0.1) is 0 Å². The molecule has 0 fully saturated rings. The molecule has 0 bridgehead atoms. The summed E-state index contributed by atoms with van der Waals surface area (Å²) < 4.78 is 4.68. The molecule has 1 aromatic heterocycles. The number of hydrogen-bond acceptors (Lipinski definition) is 0. The molecule has 0 N–H and O–H groups in total. The zero-order chi connectivity index (χ0) is 10.0. The van der Waals surface area contributed by atoms with Gasteiger partial charge in [0.2, 0.25) is 0 Å².